The van der Waals surface area contributed by atoms with Gasteiger partial charge in [0.2, 0.25) is 11.8 Å². The predicted octanol–water partition coefficient (Wildman–Crippen LogP) is -0.195. The summed E-state index contributed by atoms with van der Waals surface area (Å²) in [4.78, 5) is 22.9. The van der Waals surface area contributed by atoms with E-state index in [-0.39, 0.29) is 12.5 Å². The lowest BCUT2D eigenvalue weighted by Gasteiger charge is -2.18. The number of carbonyl (C=O) groups excluding carboxylic acids is 2. The molecule has 0 radical (unpaired) electrons. The van der Waals surface area contributed by atoms with Crippen molar-refractivity contribution in [1.82, 2.24) is 10.6 Å². The molecule has 96 valence electrons. The van der Waals surface area contributed by atoms with Crippen LogP contribution in [0.4, 0.5) is 0 Å². The first kappa shape index (κ1) is 15.4. The fourth-order valence-corrected chi connectivity index (χ4v) is 1.00. The van der Waals surface area contributed by atoms with E-state index in [2.05, 4.69) is 10.6 Å². The van der Waals surface area contributed by atoms with Crippen molar-refractivity contribution in [3.05, 3.63) is 0 Å². The molecule has 0 aliphatic heterocycles. The number of nitriles is 1. The highest BCUT2D eigenvalue weighted by Gasteiger charge is 2.31. The van der Waals surface area contributed by atoms with Crippen LogP contribution in [0.1, 0.15) is 20.3 Å². The number of ether oxygens (including phenoxy) is 1. The zero-order chi connectivity index (χ0) is 13.3. The number of hydrogen-bond acceptors (Lipinski definition) is 4. The maximum absolute atomic E-state index is 11.6. The van der Waals surface area contributed by atoms with Gasteiger partial charge in [-0.15, -0.1) is 0 Å². The lowest BCUT2D eigenvalue weighted by molar-refractivity contribution is -0.130. The molecule has 0 aromatic carbocycles. The monoisotopic (exact) mass is 241 g/mol. The van der Waals surface area contributed by atoms with Crippen molar-refractivity contribution in [2.75, 3.05) is 26.8 Å². The largest absolute Gasteiger partial charge is 0.383 e. The van der Waals surface area contributed by atoms with Gasteiger partial charge in [-0.2, -0.15) is 5.26 Å². The van der Waals surface area contributed by atoms with Crippen LogP contribution in [0.25, 0.3) is 0 Å². The molecular formula is C11H19N3O3. The Morgan fingerprint density at radius 3 is 2.53 bits per heavy atom. The summed E-state index contributed by atoms with van der Waals surface area (Å²) in [6.07, 6.45) is 0.403. The van der Waals surface area contributed by atoms with Crippen molar-refractivity contribution >= 4 is 11.8 Å². The SMILES string of the molecule is CCC(C)(C#N)C(=O)NCC(=O)NCCOC. The van der Waals surface area contributed by atoms with Crippen LogP contribution < -0.4 is 10.6 Å². The van der Waals surface area contributed by atoms with Crippen LogP contribution in [-0.2, 0) is 14.3 Å². The second-order valence-electron chi connectivity index (χ2n) is 3.82. The second kappa shape index (κ2) is 7.63. The van der Waals surface area contributed by atoms with E-state index in [4.69, 9.17) is 10.00 Å². The van der Waals surface area contributed by atoms with Crippen LogP contribution in [0.3, 0.4) is 0 Å². The molecule has 0 aromatic rings. The maximum Gasteiger partial charge on any atom is 0.240 e. The van der Waals surface area contributed by atoms with Gasteiger partial charge in [0.25, 0.3) is 0 Å². The summed E-state index contributed by atoms with van der Waals surface area (Å²) in [5, 5.41) is 13.9. The summed E-state index contributed by atoms with van der Waals surface area (Å²) in [5.74, 6) is -0.726. The minimum Gasteiger partial charge on any atom is -0.383 e. The zero-order valence-corrected chi connectivity index (χ0v) is 10.5. The molecule has 6 heteroatoms. The molecule has 2 amide bonds. The number of hydrogen-bond donors (Lipinski definition) is 2. The fourth-order valence-electron chi connectivity index (χ4n) is 1.00. The molecule has 0 rings (SSSR count). The molecule has 1 atom stereocenters. The first-order chi connectivity index (χ1) is 8.00. The molecule has 0 fully saturated rings. The van der Waals surface area contributed by atoms with Gasteiger partial charge in [0.05, 0.1) is 19.2 Å². The Morgan fingerprint density at radius 2 is 2.06 bits per heavy atom. The Labute approximate surface area is 101 Å². The third-order valence-corrected chi connectivity index (χ3v) is 2.49. The molecule has 6 nitrogen and oxygen atoms in total. The number of carbonyl (C=O) groups is 2. The summed E-state index contributed by atoms with van der Waals surface area (Å²) < 4.78 is 4.76. The smallest absolute Gasteiger partial charge is 0.240 e. The lowest BCUT2D eigenvalue weighted by Crippen LogP contribution is -2.43. The fraction of sp³-hybridized carbons (Fsp3) is 0.727. The maximum atomic E-state index is 11.6. The molecule has 0 aliphatic rings. The molecule has 0 spiro atoms. The Hall–Kier alpha value is -1.61. The molecule has 0 aromatic heterocycles. The summed E-state index contributed by atoms with van der Waals surface area (Å²) in [7, 11) is 1.54. The normalized spacial score (nSPS) is 13.3. The van der Waals surface area contributed by atoms with Crippen LogP contribution in [0.2, 0.25) is 0 Å². The standard InChI is InChI=1S/C11H19N3O3/c1-4-11(2,8-12)10(16)14-7-9(15)13-5-6-17-3/h4-7H2,1-3H3,(H,13,15)(H,14,16). The number of amides is 2. The van der Waals surface area contributed by atoms with Crippen molar-refractivity contribution in [2.24, 2.45) is 5.41 Å². The van der Waals surface area contributed by atoms with Crippen LogP contribution >= 0.6 is 0 Å². The first-order valence-electron chi connectivity index (χ1n) is 5.45. The van der Waals surface area contributed by atoms with Gasteiger partial charge in [0, 0.05) is 13.7 Å². The van der Waals surface area contributed by atoms with E-state index >= 15 is 0 Å². The van der Waals surface area contributed by atoms with Gasteiger partial charge >= 0.3 is 0 Å². The topological polar surface area (TPSA) is 91.2 Å². The van der Waals surface area contributed by atoms with Gasteiger partial charge in [-0.3, -0.25) is 9.59 Å². The quantitative estimate of drug-likeness (QED) is 0.604. The highest BCUT2D eigenvalue weighted by Crippen LogP contribution is 2.19. The Kier molecular flexibility index (Phi) is 6.91. The van der Waals surface area contributed by atoms with E-state index < -0.39 is 11.3 Å². The Balaban J connectivity index is 4.00. The molecular weight excluding hydrogens is 222 g/mol. The second-order valence-corrected chi connectivity index (χ2v) is 3.82. The summed E-state index contributed by atoms with van der Waals surface area (Å²) in [6.45, 7) is 3.99. The van der Waals surface area contributed by atoms with Crippen molar-refractivity contribution < 1.29 is 14.3 Å². The van der Waals surface area contributed by atoms with E-state index in [1.165, 1.54) is 7.11 Å². The van der Waals surface area contributed by atoms with Gasteiger partial charge in [-0.1, -0.05) is 6.92 Å². The van der Waals surface area contributed by atoms with E-state index in [0.717, 1.165) is 0 Å². The summed E-state index contributed by atoms with van der Waals surface area (Å²) >= 11 is 0. The van der Waals surface area contributed by atoms with Crippen molar-refractivity contribution in [2.45, 2.75) is 20.3 Å². The molecule has 0 bridgehead atoms. The Morgan fingerprint density at radius 1 is 1.41 bits per heavy atom. The lowest BCUT2D eigenvalue weighted by atomic mass is 9.88. The van der Waals surface area contributed by atoms with Crippen molar-refractivity contribution in [1.29, 1.82) is 5.26 Å². The van der Waals surface area contributed by atoms with E-state index in [1.54, 1.807) is 13.8 Å². The molecule has 2 N–H and O–H groups in total. The number of methoxy groups -OCH3 is 1. The number of nitrogens with zero attached hydrogens (tertiary/aromatic N) is 1. The molecule has 0 saturated carbocycles. The van der Waals surface area contributed by atoms with Gasteiger partial charge in [-0.05, 0) is 13.3 Å². The van der Waals surface area contributed by atoms with Crippen LogP contribution in [0.5, 0.6) is 0 Å². The van der Waals surface area contributed by atoms with Gasteiger partial charge in [0.15, 0.2) is 0 Å². The van der Waals surface area contributed by atoms with Crippen molar-refractivity contribution in [3.63, 3.8) is 0 Å². The predicted molar refractivity (Wildman–Crippen MR) is 61.9 cm³/mol. The minimum absolute atomic E-state index is 0.125. The number of rotatable bonds is 7. The third kappa shape index (κ3) is 5.31. The van der Waals surface area contributed by atoms with E-state index in [9.17, 15) is 9.59 Å². The van der Waals surface area contributed by atoms with E-state index in [0.29, 0.717) is 19.6 Å². The number of nitrogens with one attached hydrogen (secondary N) is 2. The minimum atomic E-state index is -1.08. The van der Waals surface area contributed by atoms with Crippen LogP contribution in [0, 0.1) is 16.7 Å². The van der Waals surface area contributed by atoms with Gasteiger partial charge in [-0.25, -0.2) is 0 Å². The average molecular weight is 241 g/mol. The Bertz CT molecular complexity index is 312. The molecule has 1 unspecified atom stereocenters. The molecule has 0 saturated heterocycles. The highest BCUT2D eigenvalue weighted by atomic mass is 16.5. The highest BCUT2D eigenvalue weighted by molar-refractivity contribution is 5.89. The summed E-state index contributed by atoms with van der Waals surface area (Å²) in [6, 6.07) is 1.94. The van der Waals surface area contributed by atoms with Crippen molar-refractivity contribution in [3.8, 4) is 6.07 Å². The van der Waals surface area contributed by atoms with E-state index in [1.807, 2.05) is 6.07 Å². The average Bonchev–Trinajstić information content (AvgIpc) is 2.35. The van der Waals surface area contributed by atoms with Crippen LogP contribution in [0.15, 0.2) is 0 Å². The van der Waals surface area contributed by atoms with Crippen LogP contribution in [-0.4, -0.2) is 38.6 Å². The first-order valence-corrected chi connectivity index (χ1v) is 5.45. The molecule has 0 aliphatic carbocycles. The van der Waals surface area contributed by atoms with Gasteiger partial charge < -0.3 is 15.4 Å². The molecule has 0 heterocycles. The molecule has 17 heavy (non-hydrogen) atoms. The zero-order valence-electron chi connectivity index (χ0n) is 10.5. The summed E-state index contributed by atoms with van der Waals surface area (Å²) in [5.41, 5.74) is -1.08. The third-order valence-electron chi connectivity index (χ3n) is 2.49. The van der Waals surface area contributed by atoms with Gasteiger partial charge in [0.1, 0.15) is 5.41 Å².